The molecule has 0 saturated heterocycles. The molecule has 0 aromatic rings. The molecule has 0 aromatic heterocycles. The van der Waals surface area contributed by atoms with Crippen LogP contribution in [0.5, 0.6) is 0 Å². The first kappa shape index (κ1) is 15.1. The fourth-order valence-electron chi connectivity index (χ4n) is 1.38. The summed E-state index contributed by atoms with van der Waals surface area (Å²) >= 11 is 0. The van der Waals surface area contributed by atoms with Gasteiger partial charge in [-0.1, -0.05) is 40.4 Å². The van der Waals surface area contributed by atoms with E-state index in [2.05, 4.69) is 60.1 Å². The molecule has 0 N–H and O–H groups in total. The predicted octanol–water partition coefficient (Wildman–Crippen LogP) is 4.65. The van der Waals surface area contributed by atoms with Crippen molar-refractivity contribution >= 4 is 22.0 Å². The SMILES string of the molecule is CC(C)(C)/C(C[Si](C)(C)C)=N\[Si](C)(C)C. The minimum atomic E-state index is -1.32. The molecule has 0 unspecified atom stereocenters. The number of nitrogens with zero attached hydrogens (tertiary/aromatic N) is 1. The van der Waals surface area contributed by atoms with Crippen LogP contribution in [-0.2, 0) is 0 Å². The van der Waals surface area contributed by atoms with Crippen LogP contribution < -0.4 is 0 Å². The van der Waals surface area contributed by atoms with E-state index in [0.717, 1.165) is 0 Å². The van der Waals surface area contributed by atoms with Gasteiger partial charge in [-0.25, -0.2) is 0 Å². The zero-order valence-corrected chi connectivity index (χ0v) is 14.2. The second kappa shape index (κ2) is 4.54. The summed E-state index contributed by atoms with van der Waals surface area (Å²) in [6, 6.07) is 1.25. The van der Waals surface area contributed by atoms with E-state index in [1.165, 1.54) is 11.8 Å². The van der Waals surface area contributed by atoms with Crippen molar-refractivity contribution in [2.24, 2.45) is 10.1 Å². The summed E-state index contributed by atoms with van der Waals surface area (Å²) in [6.07, 6.45) is 0. The quantitative estimate of drug-likeness (QED) is 0.505. The summed E-state index contributed by atoms with van der Waals surface area (Å²) in [4.78, 5) is 0. The Hall–Kier alpha value is 0.104. The Morgan fingerprint density at radius 3 is 1.53 bits per heavy atom. The highest BCUT2D eigenvalue weighted by atomic mass is 28.3. The molecular weight excluding hydrogens is 214 g/mol. The highest BCUT2D eigenvalue weighted by Crippen LogP contribution is 2.25. The Bertz CT molecular complexity index is 236. The van der Waals surface area contributed by atoms with Gasteiger partial charge in [0.1, 0.15) is 0 Å². The minimum Gasteiger partial charge on any atom is -0.330 e. The van der Waals surface area contributed by atoms with Crippen LogP contribution in [0.25, 0.3) is 0 Å². The molecule has 0 aliphatic rings. The largest absolute Gasteiger partial charge is 0.330 e. The summed E-state index contributed by atoms with van der Waals surface area (Å²) in [6.45, 7) is 21.1. The third-order valence-electron chi connectivity index (χ3n) is 2.03. The highest BCUT2D eigenvalue weighted by molar-refractivity contribution is 6.80. The average molecular weight is 244 g/mol. The average Bonchev–Trinajstić information content (AvgIpc) is 1.75. The molecule has 0 aliphatic carbocycles. The van der Waals surface area contributed by atoms with Gasteiger partial charge in [0.25, 0.3) is 0 Å². The number of rotatable bonds is 3. The third-order valence-corrected chi connectivity index (χ3v) is 4.37. The lowest BCUT2D eigenvalue weighted by Crippen LogP contribution is -2.34. The van der Waals surface area contributed by atoms with Gasteiger partial charge in [-0.15, -0.1) is 0 Å². The lowest BCUT2D eigenvalue weighted by Gasteiger charge is -2.29. The van der Waals surface area contributed by atoms with Crippen LogP contribution in [0, 0.1) is 5.41 Å². The van der Waals surface area contributed by atoms with E-state index in [-0.39, 0.29) is 5.41 Å². The van der Waals surface area contributed by atoms with Crippen LogP contribution in [0.1, 0.15) is 20.8 Å². The van der Waals surface area contributed by atoms with E-state index in [1.807, 2.05) is 0 Å². The summed E-state index contributed by atoms with van der Waals surface area (Å²) in [5.74, 6) is 0. The molecule has 0 heterocycles. The van der Waals surface area contributed by atoms with Gasteiger partial charge in [-0.3, -0.25) is 0 Å². The van der Waals surface area contributed by atoms with Crippen molar-refractivity contribution in [3.8, 4) is 0 Å². The molecule has 0 saturated carbocycles. The fourth-order valence-corrected chi connectivity index (χ4v) is 4.38. The summed E-state index contributed by atoms with van der Waals surface area (Å²) in [5.41, 5.74) is 1.71. The van der Waals surface area contributed by atoms with Crippen molar-refractivity contribution in [3.63, 3.8) is 0 Å². The molecule has 3 heteroatoms. The molecule has 0 amide bonds. The van der Waals surface area contributed by atoms with Crippen LogP contribution in [-0.4, -0.2) is 22.0 Å². The van der Waals surface area contributed by atoms with E-state index >= 15 is 0 Å². The van der Waals surface area contributed by atoms with Crippen LogP contribution in [0.15, 0.2) is 4.66 Å². The van der Waals surface area contributed by atoms with Gasteiger partial charge < -0.3 is 4.66 Å². The van der Waals surface area contributed by atoms with E-state index in [0.29, 0.717) is 0 Å². The van der Waals surface area contributed by atoms with Gasteiger partial charge in [0.15, 0.2) is 8.24 Å². The molecule has 15 heavy (non-hydrogen) atoms. The maximum absolute atomic E-state index is 5.06. The molecule has 0 spiro atoms. The number of hydrogen-bond acceptors (Lipinski definition) is 1. The summed E-state index contributed by atoms with van der Waals surface area (Å²) in [7, 11) is -2.36. The Labute approximate surface area is 98.5 Å². The van der Waals surface area contributed by atoms with Gasteiger partial charge >= 0.3 is 0 Å². The summed E-state index contributed by atoms with van der Waals surface area (Å²) < 4.78 is 5.06. The normalized spacial score (nSPS) is 15.7. The van der Waals surface area contributed by atoms with Crippen molar-refractivity contribution in [1.29, 1.82) is 0 Å². The molecule has 0 bridgehead atoms. The van der Waals surface area contributed by atoms with Gasteiger partial charge in [-0.2, -0.15) is 0 Å². The van der Waals surface area contributed by atoms with Gasteiger partial charge in [-0.05, 0) is 31.1 Å². The zero-order chi connectivity index (χ0) is 12.5. The molecule has 0 aliphatic heterocycles. The Kier molecular flexibility index (Phi) is 4.57. The molecule has 0 aromatic carbocycles. The van der Waals surface area contributed by atoms with E-state index in [4.69, 9.17) is 4.66 Å². The van der Waals surface area contributed by atoms with Crippen LogP contribution in [0.4, 0.5) is 0 Å². The predicted molar refractivity (Wildman–Crippen MR) is 78.4 cm³/mol. The first-order valence-electron chi connectivity index (χ1n) is 5.90. The van der Waals surface area contributed by atoms with Crippen molar-refractivity contribution in [2.75, 3.05) is 0 Å². The van der Waals surface area contributed by atoms with Gasteiger partial charge in [0, 0.05) is 5.71 Å². The molecular formula is C12H29NSi2. The first-order chi connectivity index (χ1) is 6.31. The summed E-state index contributed by atoms with van der Waals surface area (Å²) in [5, 5.41) is 0. The maximum Gasteiger partial charge on any atom is 0.172 e. The lowest BCUT2D eigenvalue weighted by molar-refractivity contribution is 0.588. The second-order valence-electron chi connectivity index (χ2n) is 7.72. The van der Waals surface area contributed by atoms with Crippen LogP contribution in [0.2, 0.25) is 45.3 Å². The standard InChI is InChI=1S/C12H29NSi2/c1-12(2,3)11(10-14(4,5)6)13-15(7,8)9/h10H2,1-9H3/b13-11-. The smallest absolute Gasteiger partial charge is 0.172 e. The van der Waals surface area contributed by atoms with Gasteiger partial charge in [0.05, 0.1) is 8.07 Å². The topological polar surface area (TPSA) is 12.4 Å². The number of hydrogen-bond donors (Lipinski definition) is 0. The Morgan fingerprint density at radius 1 is 0.933 bits per heavy atom. The second-order valence-corrected chi connectivity index (χ2v) is 17.8. The molecule has 1 nitrogen and oxygen atoms in total. The van der Waals surface area contributed by atoms with Crippen molar-refractivity contribution < 1.29 is 0 Å². The molecule has 0 fully saturated rings. The molecule has 0 radical (unpaired) electrons. The highest BCUT2D eigenvalue weighted by Gasteiger charge is 2.27. The monoisotopic (exact) mass is 243 g/mol. The fraction of sp³-hybridized carbons (Fsp3) is 0.917. The van der Waals surface area contributed by atoms with E-state index in [1.54, 1.807) is 0 Å². The van der Waals surface area contributed by atoms with Gasteiger partial charge in [0.2, 0.25) is 0 Å². The van der Waals surface area contributed by atoms with Crippen molar-refractivity contribution in [2.45, 2.75) is 66.1 Å². The zero-order valence-electron chi connectivity index (χ0n) is 12.2. The Balaban J connectivity index is 5.02. The van der Waals surface area contributed by atoms with Crippen molar-refractivity contribution in [3.05, 3.63) is 0 Å². The molecule has 0 atom stereocenters. The molecule has 90 valence electrons. The maximum atomic E-state index is 5.06. The van der Waals surface area contributed by atoms with Crippen LogP contribution >= 0.6 is 0 Å². The lowest BCUT2D eigenvalue weighted by atomic mass is 9.91. The van der Waals surface area contributed by atoms with Crippen molar-refractivity contribution in [1.82, 2.24) is 0 Å². The Morgan fingerprint density at radius 2 is 1.33 bits per heavy atom. The molecule has 0 rings (SSSR count). The van der Waals surface area contributed by atoms with Crippen LogP contribution in [0.3, 0.4) is 0 Å². The van der Waals surface area contributed by atoms with E-state index < -0.39 is 16.3 Å². The minimum absolute atomic E-state index is 0.251. The van der Waals surface area contributed by atoms with E-state index in [9.17, 15) is 0 Å². The third kappa shape index (κ3) is 7.97. The first-order valence-corrected chi connectivity index (χ1v) is 13.1.